The van der Waals surface area contributed by atoms with Gasteiger partial charge in [0.15, 0.2) is 0 Å². The maximum absolute atomic E-state index is 12.4. The third-order valence-electron chi connectivity index (χ3n) is 4.57. The fourth-order valence-electron chi connectivity index (χ4n) is 3.21. The number of nitrogens with one attached hydrogen (secondary N) is 1. The Kier molecular flexibility index (Phi) is 4.98. The lowest BCUT2D eigenvalue weighted by molar-refractivity contribution is -0.113. The van der Waals surface area contributed by atoms with E-state index in [1.54, 1.807) is 7.11 Å². The summed E-state index contributed by atoms with van der Waals surface area (Å²) in [5, 5.41) is 2.94. The van der Waals surface area contributed by atoms with Crippen LogP contribution in [0.2, 0.25) is 0 Å². The first-order chi connectivity index (χ1) is 12.1. The molecule has 0 unspecified atom stereocenters. The Morgan fingerprint density at radius 1 is 1.16 bits per heavy atom. The Bertz CT molecular complexity index is 852. The van der Waals surface area contributed by atoms with Gasteiger partial charge >= 0.3 is 0 Å². The van der Waals surface area contributed by atoms with Crippen molar-refractivity contribution < 1.29 is 14.3 Å². The average molecular weight is 335 g/mol. The number of carbonyl (C=O) groups is 2. The van der Waals surface area contributed by atoms with Crippen LogP contribution in [-0.2, 0) is 9.59 Å². The van der Waals surface area contributed by atoms with Crippen LogP contribution >= 0.6 is 0 Å². The third-order valence-corrected chi connectivity index (χ3v) is 4.57. The van der Waals surface area contributed by atoms with Crippen molar-refractivity contribution in [2.24, 2.45) is 0 Å². The molecule has 4 heteroatoms. The van der Waals surface area contributed by atoms with Gasteiger partial charge in [-0.2, -0.15) is 0 Å². The smallest absolute Gasteiger partial charge is 0.251 e. The number of ether oxygens (including phenoxy) is 1. The fraction of sp³-hybridized carbons (Fsp3) is 0.238. The van der Waals surface area contributed by atoms with E-state index in [9.17, 15) is 9.59 Å². The minimum Gasteiger partial charge on any atom is -0.496 e. The predicted molar refractivity (Wildman–Crippen MR) is 98.7 cm³/mol. The summed E-state index contributed by atoms with van der Waals surface area (Å²) < 4.78 is 5.42. The number of hydrogen-bond donors (Lipinski definition) is 1. The fourth-order valence-corrected chi connectivity index (χ4v) is 3.21. The summed E-state index contributed by atoms with van der Waals surface area (Å²) in [6.07, 6.45) is 3.03. The number of rotatable bonds is 5. The number of allylic oxidation sites excluding steroid dienone is 1. The first-order valence-corrected chi connectivity index (χ1v) is 8.36. The summed E-state index contributed by atoms with van der Waals surface area (Å²) >= 11 is 0. The second kappa shape index (κ2) is 7.34. The highest BCUT2D eigenvalue weighted by Crippen LogP contribution is 2.32. The Labute approximate surface area is 147 Å². The molecule has 0 aromatic heterocycles. The van der Waals surface area contributed by atoms with E-state index in [1.165, 1.54) is 0 Å². The third kappa shape index (κ3) is 3.48. The van der Waals surface area contributed by atoms with Gasteiger partial charge in [0, 0.05) is 22.4 Å². The summed E-state index contributed by atoms with van der Waals surface area (Å²) in [7, 11) is 1.65. The molecule has 0 fully saturated rings. The number of hydrogen-bond acceptors (Lipinski definition) is 3. The standard InChI is InChI=1S/C21H21NO3/c1-14-12-15(17-7-3-4-9-20(17)25-2)10-11-19(14)22-21(24)18-8-5-6-16(18)13-23/h3-4,7,9-13H,5-6,8H2,1-2H3,(H,22,24). The Balaban J connectivity index is 1.86. The highest BCUT2D eigenvalue weighted by atomic mass is 16.5. The molecule has 1 aliphatic rings. The molecule has 4 nitrogen and oxygen atoms in total. The zero-order chi connectivity index (χ0) is 17.8. The minimum atomic E-state index is -0.173. The first-order valence-electron chi connectivity index (χ1n) is 8.36. The lowest BCUT2D eigenvalue weighted by Gasteiger charge is -2.13. The second-order valence-electron chi connectivity index (χ2n) is 6.16. The highest BCUT2D eigenvalue weighted by Gasteiger charge is 2.21. The zero-order valence-electron chi connectivity index (χ0n) is 14.5. The molecule has 0 bridgehead atoms. The van der Waals surface area contributed by atoms with Gasteiger partial charge in [-0.05, 0) is 55.5 Å². The number of aldehydes is 1. The van der Waals surface area contributed by atoms with Crippen molar-refractivity contribution in [2.45, 2.75) is 26.2 Å². The van der Waals surface area contributed by atoms with Gasteiger partial charge in [-0.25, -0.2) is 0 Å². The first kappa shape index (κ1) is 17.0. The van der Waals surface area contributed by atoms with Crippen LogP contribution in [0.3, 0.4) is 0 Å². The molecule has 0 saturated heterocycles. The van der Waals surface area contributed by atoms with Gasteiger partial charge in [0.2, 0.25) is 0 Å². The number of methoxy groups -OCH3 is 1. The van der Waals surface area contributed by atoms with Crippen molar-refractivity contribution in [3.05, 3.63) is 59.2 Å². The highest BCUT2D eigenvalue weighted by molar-refractivity contribution is 6.07. The number of amides is 1. The van der Waals surface area contributed by atoms with Crippen LogP contribution in [-0.4, -0.2) is 19.3 Å². The molecule has 128 valence electrons. The Hall–Kier alpha value is -2.88. The lowest BCUT2D eigenvalue weighted by Crippen LogP contribution is -2.15. The van der Waals surface area contributed by atoms with E-state index in [4.69, 9.17) is 4.74 Å². The topological polar surface area (TPSA) is 55.4 Å². The summed E-state index contributed by atoms with van der Waals surface area (Å²) in [6.45, 7) is 1.96. The van der Waals surface area contributed by atoms with Crippen molar-refractivity contribution in [3.63, 3.8) is 0 Å². The molecule has 0 aliphatic heterocycles. The zero-order valence-corrected chi connectivity index (χ0v) is 14.5. The molecule has 0 saturated carbocycles. The predicted octanol–water partition coefficient (Wildman–Crippen LogP) is 4.29. The molecule has 1 amide bonds. The van der Waals surface area contributed by atoms with Crippen LogP contribution in [0.4, 0.5) is 5.69 Å². The Morgan fingerprint density at radius 2 is 1.96 bits per heavy atom. The van der Waals surface area contributed by atoms with Crippen molar-refractivity contribution in [2.75, 3.05) is 12.4 Å². The number of benzene rings is 2. The van der Waals surface area contributed by atoms with E-state index in [0.717, 1.165) is 40.8 Å². The molecule has 2 aromatic rings. The SMILES string of the molecule is COc1ccccc1-c1ccc(NC(=O)C2=C(C=O)CCC2)c(C)c1. The summed E-state index contributed by atoms with van der Waals surface area (Å²) in [4.78, 5) is 23.5. The van der Waals surface area contributed by atoms with E-state index >= 15 is 0 Å². The van der Waals surface area contributed by atoms with Crippen molar-refractivity contribution >= 4 is 17.9 Å². The van der Waals surface area contributed by atoms with Crippen LogP contribution in [0, 0.1) is 6.92 Å². The van der Waals surface area contributed by atoms with Gasteiger partial charge in [-0.1, -0.05) is 24.3 Å². The molecule has 0 atom stereocenters. The van der Waals surface area contributed by atoms with Gasteiger partial charge in [0.1, 0.15) is 12.0 Å². The monoisotopic (exact) mass is 335 g/mol. The molecule has 1 aliphatic carbocycles. The van der Waals surface area contributed by atoms with Gasteiger partial charge in [0.05, 0.1) is 7.11 Å². The van der Waals surface area contributed by atoms with Crippen molar-refractivity contribution in [1.29, 1.82) is 0 Å². The molecule has 0 spiro atoms. The molecule has 0 radical (unpaired) electrons. The quantitative estimate of drug-likeness (QED) is 0.829. The summed E-state index contributed by atoms with van der Waals surface area (Å²) in [5.74, 6) is 0.637. The normalized spacial score (nSPS) is 13.7. The van der Waals surface area contributed by atoms with Crippen LogP contribution in [0.5, 0.6) is 5.75 Å². The lowest BCUT2D eigenvalue weighted by atomic mass is 10.0. The van der Waals surface area contributed by atoms with Crippen molar-refractivity contribution in [1.82, 2.24) is 0 Å². The molecule has 1 N–H and O–H groups in total. The molecule has 25 heavy (non-hydrogen) atoms. The maximum Gasteiger partial charge on any atom is 0.251 e. The van der Waals surface area contributed by atoms with Crippen LogP contribution < -0.4 is 10.1 Å². The van der Waals surface area contributed by atoms with Crippen LogP contribution in [0.15, 0.2) is 53.6 Å². The van der Waals surface area contributed by atoms with Gasteiger partial charge in [-0.15, -0.1) is 0 Å². The molecule has 2 aromatic carbocycles. The van der Waals surface area contributed by atoms with Gasteiger partial charge in [0.25, 0.3) is 5.91 Å². The number of aryl methyl sites for hydroxylation is 1. The molecular weight excluding hydrogens is 314 g/mol. The maximum atomic E-state index is 12.4. The molecule has 3 rings (SSSR count). The average Bonchev–Trinajstić information content (AvgIpc) is 3.12. The van der Waals surface area contributed by atoms with E-state index in [-0.39, 0.29) is 5.91 Å². The van der Waals surface area contributed by atoms with E-state index in [2.05, 4.69) is 5.32 Å². The second-order valence-corrected chi connectivity index (χ2v) is 6.16. The van der Waals surface area contributed by atoms with E-state index in [1.807, 2.05) is 49.4 Å². The molecular formula is C21H21NO3. The summed E-state index contributed by atoms with van der Waals surface area (Å²) in [5.41, 5.74) is 5.00. The van der Waals surface area contributed by atoms with Gasteiger partial charge < -0.3 is 10.1 Å². The minimum absolute atomic E-state index is 0.173. The van der Waals surface area contributed by atoms with Gasteiger partial charge in [-0.3, -0.25) is 9.59 Å². The number of anilines is 1. The van der Waals surface area contributed by atoms with Crippen molar-refractivity contribution in [3.8, 4) is 16.9 Å². The Morgan fingerprint density at radius 3 is 2.68 bits per heavy atom. The van der Waals surface area contributed by atoms with Crippen LogP contribution in [0.1, 0.15) is 24.8 Å². The summed E-state index contributed by atoms with van der Waals surface area (Å²) in [6, 6.07) is 13.7. The number of carbonyl (C=O) groups excluding carboxylic acids is 2. The van der Waals surface area contributed by atoms with E-state index < -0.39 is 0 Å². The van der Waals surface area contributed by atoms with E-state index in [0.29, 0.717) is 24.0 Å². The largest absolute Gasteiger partial charge is 0.496 e. The number of para-hydroxylation sites is 1. The van der Waals surface area contributed by atoms with Crippen LogP contribution in [0.25, 0.3) is 11.1 Å². The molecule has 0 heterocycles.